The second kappa shape index (κ2) is 7.69. The molecule has 24 heavy (non-hydrogen) atoms. The van der Waals surface area contributed by atoms with Gasteiger partial charge in [-0.05, 0) is 61.8 Å². The number of benzene rings is 1. The number of nitrogens with zero attached hydrogens (tertiary/aromatic N) is 1. The third kappa shape index (κ3) is 3.89. The third-order valence-electron chi connectivity index (χ3n) is 5.01. The molecular formula is C19H25NO4. The first-order valence-corrected chi connectivity index (χ1v) is 8.78. The van der Waals surface area contributed by atoms with Crippen LogP contribution < -0.4 is 4.74 Å². The minimum Gasteiger partial charge on any atom is -0.484 e. The van der Waals surface area contributed by atoms with Gasteiger partial charge in [-0.1, -0.05) is 6.07 Å². The molecule has 1 aliphatic heterocycles. The van der Waals surface area contributed by atoms with Crippen molar-refractivity contribution in [1.82, 2.24) is 4.90 Å². The number of ether oxygens (including phenoxy) is 2. The van der Waals surface area contributed by atoms with Crippen LogP contribution in [0.1, 0.15) is 43.2 Å². The average molecular weight is 331 g/mol. The molecule has 1 unspecified atom stereocenters. The van der Waals surface area contributed by atoms with Gasteiger partial charge in [0.15, 0.2) is 6.61 Å². The minimum atomic E-state index is -0.265. The Balaban J connectivity index is 1.57. The fourth-order valence-corrected chi connectivity index (χ4v) is 3.68. The summed E-state index contributed by atoms with van der Waals surface area (Å²) in [5.74, 6) is 0.439. The van der Waals surface area contributed by atoms with Gasteiger partial charge >= 0.3 is 5.97 Å². The van der Waals surface area contributed by atoms with Crippen LogP contribution in [0.15, 0.2) is 18.2 Å². The van der Waals surface area contributed by atoms with Gasteiger partial charge in [0.2, 0.25) is 0 Å². The molecule has 1 heterocycles. The first kappa shape index (κ1) is 16.8. The Morgan fingerprint density at radius 1 is 1.17 bits per heavy atom. The number of aryl methyl sites for hydroxylation is 2. The maximum atomic E-state index is 12.5. The Kier molecular flexibility index (Phi) is 5.38. The summed E-state index contributed by atoms with van der Waals surface area (Å²) in [6.45, 7) is 0.713. The number of amides is 1. The zero-order valence-corrected chi connectivity index (χ0v) is 14.3. The monoisotopic (exact) mass is 331 g/mol. The van der Waals surface area contributed by atoms with Gasteiger partial charge in [-0.25, -0.2) is 0 Å². The van der Waals surface area contributed by atoms with Crippen LogP contribution in [0, 0.1) is 0 Å². The predicted molar refractivity (Wildman–Crippen MR) is 89.9 cm³/mol. The SMILES string of the molecule is COC(=O)CC1CCCCN1C(=O)COc1ccc2c(c1)CCC2. The molecule has 0 N–H and O–H groups in total. The van der Waals surface area contributed by atoms with E-state index in [2.05, 4.69) is 12.1 Å². The van der Waals surface area contributed by atoms with E-state index in [0.717, 1.165) is 37.9 Å². The zero-order valence-electron chi connectivity index (χ0n) is 14.3. The van der Waals surface area contributed by atoms with E-state index in [0.29, 0.717) is 6.54 Å². The number of rotatable bonds is 5. The van der Waals surface area contributed by atoms with Gasteiger partial charge in [0, 0.05) is 12.6 Å². The molecule has 1 fully saturated rings. The Labute approximate surface area is 142 Å². The normalized spacial score (nSPS) is 19.7. The van der Waals surface area contributed by atoms with Crippen molar-refractivity contribution in [2.45, 2.75) is 51.0 Å². The number of methoxy groups -OCH3 is 1. The van der Waals surface area contributed by atoms with Crippen molar-refractivity contribution in [1.29, 1.82) is 0 Å². The van der Waals surface area contributed by atoms with Crippen molar-refractivity contribution < 1.29 is 19.1 Å². The van der Waals surface area contributed by atoms with Crippen LogP contribution in [0.5, 0.6) is 5.75 Å². The Hall–Kier alpha value is -2.04. The van der Waals surface area contributed by atoms with Crippen molar-refractivity contribution in [3.8, 4) is 5.75 Å². The van der Waals surface area contributed by atoms with E-state index < -0.39 is 0 Å². The van der Waals surface area contributed by atoms with Crippen LogP contribution in [0.25, 0.3) is 0 Å². The number of carbonyl (C=O) groups is 2. The van der Waals surface area contributed by atoms with E-state index in [1.807, 2.05) is 6.07 Å². The number of esters is 1. The standard InChI is InChI=1S/C19H25NO4/c1-23-19(22)12-16-7-2-3-10-20(16)18(21)13-24-17-9-8-14-5-4-6-15(14)11-17/h8-9,11,16H,2-7,10,12-13H2,1H3. The summed E-state index contributed by atoms with van der Waals surface area (Å²) < 4.78 is 10.5. The number of hydrogen-bond donors (Lipinski definition) is 0. The summed E-state index contributed by atoms with van der Waals surface area (Å²) in [6.07, 6.45) is 6.55. The highest BCUT2D eigenvalue weighted by molar-refractivity contribution is 5.79. The number of carbonyl (C=O) groups excluding carboxylic acids is 2. The van der Waals surface area contributed by atoms with Gasteiger partial charge in [-0.3, -0.25) is 9.59 Å². The van der Waals surface area contributed by atoms with Gasteiger partial charge in [-0.2, -0.15) is 0 Å². The summed E-state index contributed by atoms with van der Waals surface area (Å²) in [7, 11) is 1.38. The summed E-state index contributed by atoms with van der Waals surface area (Å²) in [5.41, 5.74) is 2.73. The average Bonchev–Trinajstić information content (AvgIpc) is 3.07. The molecule has 1 aromatic carbocycles. The molecule has 0 bridgehead atoms. The Morgan fingerprint density at radius 2 is 2.00 bits per heavy atom. The lowest BCUT2D eigenvalue weighted by molar-refractivity contribution is -0.145. The van der Waals surface area contributed by atoms with Gasteiger partial charge in [0.1, 0.15) is 5.75 Å². The molecule has 1 aliphatic carbocycles. The molecule has 3 rings (SSSR count). The molecular weight excluding hydrogens is 306 g/mol. The summed E-state index contributed by atoms with van der Waals surface area (Å²) in [6, 6.07) is 6.03. The lowest BCUT2D eigenvalue weighted by atomic mass is 9.99. The number of piperidine rings is 1. The lowest BCUT2D eigenvalue weighted by Gasteiger charge is -2.35. The van der Waals surface area contributed by atoms with E-state index in [-0.39, 0.29) is 30.9 Å². The number of fused-ring (bicyclic) bond motifs is 1. The molecule has 0 saturated carbocycles. The van der Waals surface area contributed by atoms with E-state index >= 15 is 0 Å². The van der Waals surface area contributed by atoms with Crippen molar-refractivity contribution in [2.24, 2.45) is 0 Å². The minimum absolute atomic E-state index is 0.0243. The van der Waals surface area contributed by atoms with Crippen molar-refractivity contribution >= 4 is 11.9 Å². The van der Waals surface area contributed by atoms with E-state index in [1.165, 1.54) is 24.7 Å². The first-order valence-electron chi connectivity index (χ1n) is 8.78. The highest BCUT2D eigenvalue weighted by Gasteiger charge is 2.29. The van der Waals surface area contributed by atoms with Crippen LogP contribution >= 0.6 is 0 Å². The molecule has 1 amide bonds. The molecule has 2 aliphatic rings. The highest BCUT2D eigenvalue weighted by atomic mass is 16.5. The molecule has 5 heteroatoms. The van der Waals surface area contributed by atoms with Crippen molar-refractivity contribution in [3.05, 3.63) is 29.3 Å². The first-order chi connectivity index (χ1) is 11.7. The van der Waals surface area contributed by atoms with Gasteiger partial charge in [0.05, 0.1) is 13.5 Å². The maximum absolute atomic E-state index is 12.5. The molecule has 0 radical (unpaired) electrons. The molecule has 0 aromatic heterocycles. The van der Waals surface area contributed by atoms with Crippen LogP contribution in [-0.4, -0.2) is 43.1 Å². The van der Waals surface area contributed by atoms with E-state index in [1.54, 1.807) is 4.90 Å². The van der Waals surface area contributed by atoms with Gasteiger partial charge < -0.3 is 14.4 Å². The maximum Gasteiger partial charge on any atom is 0.307 e. The largest absolute Gasteiger partial charge is 0.484 e. The molecule has 1 aromatic rings. The van der Waals surface area contributed by atoms with Crippen molar-refractivity contribution in [2.75, 3.05) is 20.3 Å². The van der Waals surface area contributed by atoms with Crippen LogP contribution in [0.2, 0.25) is 0 Å². The van der Waals surface area contributed by atoms with E-state index in [9.17, 15) is 9.59 Å². The van der Waals surface area contributed by atoms with Gasteiger partial charge in [0.25, 0.3) is 5.91 Å². The van der Waals surface area contributed by atoms with Gasteiger partial charge in [-0.15, -0.1) is 0 Å². The van der Waals surface area contributed by atoms with E-state index in [4.69, 9.17) is 9.47 Å². The molecule has 1 saturated heterocycles. The molecule has 0 spiro atoms. The molecule has 5 nitrogen and oxygen atoms in total. The smallest absolute Gasteiger partial charge is 0.307 e. The molecule has 130 valence electrons. The Bertz CT molecular complexity index is 613. The van der Waals surface area contributed by atoms with Crippen LogP contribution in [0.3, 0.4) is 0 Å². The quantitative estimate of drug-likeness (QED) is 0.778. The van der Waals surface area contributed by atoms with Crippen LogP contribution in [0.4, 0.5) is 0 Å². The fourth-order valence-electron chi connectivity index (χ4n) is 3.68. The highest BCUT2D eigenvalue weighted by Crippen LogP contribution is 2.26. The topological polar surface area (TPSA) is 55.8 Å². The summed E-state index contributed by atoms with van der Waals surface area (Å²) >= 11 is 0. The molecule has 1 atom stereocenters. The van der Waals surface area contributed by atoms with Crippen LogP contribution in [-0.2, 0) is 27.2 Å². The predicted octanol–water partition coefficient (Wildman–Crippen LogP) is 2.50. The fraction of sp³-hybridized carbons (Fsp3) is 0.579. The third-order valence-corrected chi connectivity index (χ3v) is 5.01. The summed E-state index contributed by atoms with van der Waals surface area (Å²) in [4.78, 5) is 25.9. The zero-order chi connectivity index (χ0) is 16.9. The lowest BCUT2D eigenvalue weighted by Crippen LogP contribution is -2.46. The number of likely N-dealkylation sites (tertiary alicyclic amines) is 1. The second-order valence-corrected chi connectivity index (χ2v) is 6.59. The Morgan fingerprint density at radius 3 is 2.83 bits per heavy atom. The summed E-state index contributed by atoms with van der Waals surface area (Å²) in [5, 5.41) is 0. The second-order valence-electron chi connectivity index (χ2n) is 6.59. The van der Waals surface area contributed by atoms with Crippen molar-refractivity contribution in [3.63, 3.8) is 0 Å². The number of hydrogen-bond acceptors (Lipinski definition) is 4.